The Bertz CT molecular complexity index is 1250. The number of hydrogen-bond donors (Lipinski definition) is 2. The van der Waals surface area contributed by atoms with Crippen molar-refractivity contribution in [3.05, 3.63) is 99.6 Å². The molecular formula is C27H27FN2O3S. The molecular weight excluding hydrogens is 451 g/mol. The zero-order valence-electron chi connectivity index (χ0n) is 19.3. The number of nitrogens with zero attached hydrogens (tertiary/aromatic N) is 1. The van der Waals surface area contributed by atoms with Crippen molar-refractivity contribution in [2.45, 2.75) is 32.4 Å². The summed E-state index contributed by atoms with van der Waals surface area (Å²) in [5, 5.41) is 13.7. The molecule has 1 aliphatic rings. The van der Waals surface area contributed by atoms with Crippen LogP contribution in [0.25, 0.3) is 10.4 Å². The van der Waals surface area contributed by atoms with Gasteiger partial charge in [0.05, 0.1) is 22.6 Å². The first-order chi connectivity index (χ1) is 16.4. The highest BCUT2D eigenvalue weighted by molar-refractivity contribution is 7.15. The molecule has 3 aromatic rings. The molecule has 1 aromatic heterocycles. The van der Waals surface area contributed by atoms with Crippen molar-refractivity contribution in [3.63, 3.8) is 0 Å². The van der Waals surface area contributed by atoms with E-state index in [2.05, 4.69) is 10.3 Å². The minimum atomic E-state index is -0.759. The number of aliphatic hydroxyl groups excluding tert-OH is 1. The Labute approximate surface area is 202 Å². The molecule has 176 valence electrons. The fraction of sp³-hybridized carbons (Fsp3) is 0.259. The van der Waals surface area contributed by atoms with Crippen LogP contribution >= 0.6 is 11.3 Å². The number of rotatable bonds is 8. The molecule has 2 atom stereocenters. The molecule has 1 aliphatic carbocycles. The number of halogens is 1. The van der Waals surface area contributed by atoms with Crippen LogP contribution in [0.3, 0.4) is 0 Å². The number of nitrogens with one attached hydrogen (secondary N) is 1. The van der Waals surface area contributed by atoms with Gasteiger partial charge < -0.3 is 15.2 Å². The van der Waals surface area contributed by atoms with E-state index in [1.165, 1.54) is 17.4 Å². The maximum atomic E-state index is 14.6. The third-order valence-corrected chi connectivity index (χ3v) is 6.77. The van der Waals surface area contributed by atoms with Crippen LogP contribution in [0.2, 0.25) is 0 Å². The first-order valence-electron chi connectivity index (χ1n) is 11.0. The highest BCUT2D eigenvalue weighted by Crippen LogP contribution is 2.35. The van der Waals surface area contributed by atoms with Gasteiger partial charge in [-0.1, -0.05) is 48.0 Å². The second-order valence-corrected chi connectivity index (χ2v) is 9.51. The summed E-state index contributed by atoms with van der Waals surface area (Å²) in [4.78, 5) is 19.0. The zero-order chi connectivity index (χ0) is 24.2. The number of carbonyl (C=O) groups excluding carboxylic acids is 1. The fourth-order valence-corrected chi connectivity index (χ4v) is 4.93. The SMILES string of the molecule is COC1C=C(NC(C(=O)c2nc(C)sc2-c2ccccc2F)c2ccc(C)cc2)C=C(CO)C1. The molecule has 1 heterocycles. The van der Waals surface area contributed by atoms with Crippen molar-refractivity contribution in [2.75, 3.05) is 13.7 Å². The average Bonchev–Trinajstić information content (AvgIpc) is 3.24. The Morgan fingerprint density at radius 2 is 1.97 bits per heavy atom. The Morgan fingerprint density at radius 1 is 1.24 bits per heavy atom. The van der Waals surface area contributed by atoms with Gasteiger partial charge in [-0.15, -0.1) is 11.3 Å². The van der Waals surface area contributed by atoms with E-state index in [1.54, 1.807) is 25.3 Å². The number of aliphatic hydroxyl groups is 1. The van der Waals surface area contributed by atoms with Crippen LogP contribution in [0, 0.1) is 19.7 Å². The minimum absolute atomic E-state index is 0.0925. The van der Waals surface area contributed by atoms with Crippen LogP contribution in [-0.4, -0.2) is 35.7 Å². The van der Waals surface area contributed by atoms with Gasteiger partial charge in [0.25, 0.3) is 0 Å². The summed E-state index contributed by atoms with van der Waals surface area (Å²) in [5.41, 5.74) is 3.92. The molecule has 2 N–H and O–H groups in total. The number of thiazole rings is 1. The number of aromatic nitrogens is 1. The standard InChI is InChI=1S/C27H27FN2O3S/c1-16-8-10-19(11-9-16)24(30-20-12-18(15-31)13-21(14-20)33-3)26(32)25-27(34-17(2)29-25)22-6-4-5-7-23(22)28/h4-12,14,21,24,30-31H,13,15H2,1-3H3. The van der Waals surface area contributed by atoms with E-state index in [0.717, 1.165) is 16.7 Å². The van der Waals surface area contributed by atoms with Gasteiger partial charge in [0.2, 0.25) is 5.78 Å². The largest absolute Gasteiger partial charge is 0.392 e. The second-order valence-electron chi connectivity index (χ2n) is 8.30. The zero-order valence-corrected chi connectivity index (χ0v) is 20.2. The van der Waals surface area contributed by atoms with E-state index in [1.807, 2.05) is 50.3 Å². The van der Waals surface area contributed by atoms with E-state index in [9.17, 15) is 14.3 Å². The predicted octanol–water partition coefficient (Wildman–Crippen LogP) is 5.30. The number of aryl methyl sites for hydroxylation is 2. The van der Waals surface area contributed by atoms with Crippen molar-refractivity contribution in [3.8, 4) is 10.4 Å². The van der Waals surface area contributed by atoms with Crippen molar-refractivity contribution < 1.29 is 19.0 Å². The van der Waals surface area contributed by atoms with Crippen LogP contribution in [0.1, 0.15) is 39.1 Å². The summed E-state index contributed by atoms with van der Waals surface area (Å²) in [6.07, 6.45) is 4.12. The highest BCUT2D eigenvalue weighted by Gasteiger charge is 2.29. The van der Waals surface area contributed by atoms with Crippen LogP contribution in [0.4, 0.5) is 4.39 Å². The molecule has 34 heavy (non-hydrogen) atoms. The van der Waals surface area contributed by atoms with E-state index in [4.69, 9.17) is 4.74 Å². The molecule has 0 saturated carbocycles. The number of benzene rings is 2. The van der Waals surface area contributed by atoms with E-state index in [-0.39, 0.29) is 24.2 Å². The van der Waals surface area contributed by atoms with Crippen molar-refractivity contribution >= 4 is 17.1 Å². The lowest BCUT2D eigenvalue weighted by Crippen LogP contribution is -2.30. The van der Waals surface area contributed by atoms with Crippen molar-refractivity contribution in [1.29, 1.82) is 0 Å². The van der Waals surface area contributed by atoms with Crippen molar-refractivity contribution in [2.24, 2.45) is 0 Å². The Hall–Kier alpha value is -3.13. The molecule has 0 fully saturated rings. The van der Waals surface area contributed by atoms with Gasteiger partial charge in [-0.25, -0.2) is 9.37 Å². The van der Waals surface area contributed by atoms with Gasteiger partial charge in [0.15, 0.2) is 0 Å². The van der Waals surface area contributed by atoms with Crippen molar-refractivity contribution in [1.82, 2.24) is 10.3 Å². The summed E-state index contributed by atoms with van der Waals surface area (Å²) in [6, 6.07) is 13.4. The molecule has 2 aromatic carbocycles. The molecule has 0 aliphatic heterocycles. The third-order valence-electron chi connectivity index (χ3n) is 5.76. The van der Waals surface area contributed by atoms with E-state index < -0.39 is 11.9 Å². The van der Waals surface area contributed by atoms with Gasteiger partial charge in [-0.3, -0.25) is 4.79 Å². The second kappa shape index (κ2) is 10.4. The van der Waals surface area contributed by atoms with Gasteiger partial charge in [-0.2, -0.15) is 0 Å². The van der Waals surface area contributed by atoms with Crippen LogP contribution in [0.5, 0.6) is 0 Å². The Morgan fingerprint density at radius 3 is 2.65 bits per heavy atom. The normalized spacial score (nSPS) is 16.6. The van der Waals surface area contributed by atoms with E-state index in [0.29, 0.717) is 27.6 Å². The lowest BCUT2D eigenvalue weighted by Gasteiger charge is -2.25. The number of ketones is 1. The fourth-order valence-electron chi connectivity index (χ4n) is 3.98. The Kier molecular flexibility index (Phi) is 7.36. The number of allylic oxidation sites excluding steroid dienone is 1. The molecule has 0 spiro atoms. The molecule has 0 radical (unpaired) electrons. The molecule has 4 rings (SSSR count). The van der Waals surface area contributed by atoms with Gasteiger partial charge in [-0.05, 0) is 43.2 Å². The monoisotopic (exact) mass is 478 g/mol. The van der Waals surface area contributed by atoms with E-state index >= 15 is 0 Å². The maximum Gasteiger partial charge on any atom is 0.209 e. The number of Topliss-reactive ketones (excluding diaryl/α,β-unsaturated/α-hetero) is 1. The first kappa shape index (κ1) is 24.0. The molecule has 0 saturated heterocycles. The number of ether oxygens (including phenoxy) is 1. The first-order valence-corrected chi connectivity index (χ1v) is 11.9. The summed E-state index contributed by atoms with van der Waals surface area (Å²) >= 11 is 1.30. The molecule has 0 bridgehead atoms. The topological polar surface area (TPSA) is 71.5 Å². The third kappa shape index (κ3) is 5.17. The molecule has 5 nitrogen and oxygen atoms in total. The molecule has 0 amide bonds. The van der Waals surface area contributed by atoms with Gasteiger partial charge in [0.1, 0.15) is 17.6 Å². The highest BCUT2D eigenvalue weighted by atomic mass is 32.1. The lowest BCUT2D eigenvalue weighted by atomic mass is 9.95. The summed E-state index contributed by atoms with van der Waals surface area (Å²) in [6.45, 7) is 3.70. The summed E-state index contributed by atoms with van der Waals surface area (Å²) in [5.74, 6) is -0.653. The number of methoxy groups -OCH3 is 1. The molecule has 2 unspecified atom stereocenters. The van der Waals surface area contributed by atoms with Crippen LogP contribution in [-0.2, 0) is 4.74 Å². The summed E-state index contributed by atoms with van der Waals surface area (Å²) in [7, 11) is 1.61. The summed E-state index contributed by atoms with van der Waals surface area (Å²) < 4.78 is 20.1. The maximum absolute atomic E-state index is 14.6. The lowest BCUT2D eigenvalue weighted by molar-refractivity contribution is 0.0943. The van der Waals surface area contributed by atoms with Gasteiger partial charge in [0, 0.05) is 24.8 Å². The van der Waals surface area contributed by atoms with Crippen LogP contribution in [0.15, 0.2) is 72.0 Å². The molecule has 7 heteroatoms. The van der Waals surface area contributed by atoms with Gasteiger partial charge >= 0.3 is 0 Å². The predicted molar refractivity (Wildman–Crippen MR) is 132 cm³/mol. The smallest absolute Gasteiger partial charge is 0.209 e. The quantitative estimate of drug-likeness (QED) is 0.430. The number of carbonyl (C=O) groups is 1. The Balaban J connectivity index is 1.77. The number of hydrogen-bond acceptors (Lipinski definition) is 6. The average molecular weight is 479 g/mol. The minimum Gasteiger partial charge on any atom is -0.392 e. The van der Waals surface area contributed by atoms with Crippen LogP contribution < -0.4 is 5.32 Å².